The number of nitrogens with two attached hydrogens (primary N) is 1. The fourth-order valence-electron chi connectivity index (χ4n) is 1.28. The Kier molecular flexibility index (Phi) is 3.82. The van der Waals surface area contributed by atoms with Crippen LogP contribution >= 0.6 is 0 Å². The van der Waals surface area contributed by atoms with Crippen LogP contribution < -0.4 is 11.3 Å². The molecule has 1 aromatic heterocycles. The van der Waals surface area contributed by atoms with Gasteiger partial charge in [0, 0.05) is 25.2 Å². The van der Waals surface area contributed by atoms with E-state index in [4.69, 9.17) is 5.73 Å². The van der Waals surface area contributed by atoms with Crippen molar-refractivity contribution in [2.75, 3.05) is 5.73 Å². The Morgan fingerprint density at radius 2 is 2.20 bits per heavy atom. The van der Waals surface area contributed by atoms with Crippen LogP contribution in [0.3, 0.4) is 0 Å². The third kappa shape index (κ3) is 3.34. The summed E-state index contributed by atoms with van der Waals surface area (Å²) in [5.74, 6) is 0. The van der Waals surface area contributed by atoms with Gasteiger partial charge in [-0.15, -0.1) is 0 Å². The molecule has 1 aromatic rings. The van der Waals surface area contributed by atoms with Gasteiger partial charge in [0.2, 0.25) is 6.43 Å². The summed E-state index contributed by atoms with van der Waals surface area (Å²) < 4.78 is 25.1. The predicted molar refractivity (Wildman–Crippen MR) is 55.1 cm³/mol. The summed E-state index contributed by atoms with van der Waals surface area (Å²) in [5, 5.41) is 0. The topological polar surface area (TPSA) is 48.0 Å². The van der Waals surface area contributed by atoms with Gasteiger partial charge in [-0.05, 0) is 18.9 Å². The Morgan fingerprint density at radius 3 is 2.80 bits per heavy atom. The van der Waals surface area contributed by atoms with Crippen LogP contribution in [0.4, 0.5) is 14.5 Å². The highest BCUT2D eigenvalue weighted by Gasteiger charge is 2.04. The van der Waals surface area contributed by atoms with E-state index in [0.717, 1.165) is 0 Å². The van der Waals surface area contributed by atoms with Crippen LogP contribution in [-0.4, -0.2) is 11.0 Å². The Morgan fingerprint density at radius 1 is 1.53 bits per heavy atom. The first kappa shape index (κ1) is 11.7. The van der Waals surface area contributed by atoms with E-state index in [0.29, 0.717) is 11.3 Å². The smallest absolute Gasteiger partial charge is 0.250 e. The summed E-state index contributed by atoms with van der Waals surface area (Å²) in [4.78, 5) is 11.4. The summed E-state index contributed by atoms with van der Waals surface area (Å²) in [6.45, 7) is 2.02. The number of aromatic nitrogens is 1. The molecule has 1 rings (SSSR count). The molecular weight excluding hydrogens is 202 g/mol. The Labute approximate surface area is 86.5 Å². The number of hydrogen-bond acceptors (Lipinski definition) is 2. The molecule has 1 heterocycles. The summed E-state index contributed by atoms with van der Waals surface area (Å²) in [6, 6.07) is 1.41. The summed E-state index contributed by atoms with van der Waals surface area (Å²) in [7, 11) is 0. The highest BCUT2D eigenvalue weighted by Crippen LogP contribution is 2.08. The SMILES string of the molecule is Cc1cc(=O)n(CCCC(F)F)cc1N. The van der Waals surface area contributed by atoms with Crippen LogP contribution in [0.1, 0.15) is 18.4 Å². The lowest BCUT2D eigenvalue weighted by atomic mass is 10.2. The molecule has 0 bridgehead atoms. The molecule has 0 saturated carbocycles. The first-order valence-corrected chi connectivity index (χ1v) is 4.75. The van der Waals surface area contributed by atoms with Crippen LogP contribution in [-0.2, 0) is 6.54 Å². The normalized spacial score (nSPS) is 10.9. The van der Waals surface area contributed by atoms with Crippen molar-refractivity contribution >= 4 is 5.69 Å². The molecule has 0 amide bonds. The van der Waals surface area contributed by atoms with Crippen molar-refractivity contribution in [3.8, 4) is 0 Å². The van der Waals surface area contributed by atoms with E-state index in [1.807, 2.05) is 0 Å². The number of nitrogens with zero attached hydrogens (tertiary/aromatic N) is 1. The molecule has 0 saturated heterocycles. The zero-order chi connectivity index (χ0) is 11.4. The van der Waals surface area contributed by atoms with E-state index >= 15 is 0 Å². The maximum Gasteiger partial charge on any atom is 0.250 e. The predicted octanol–water partition coefficient (Wildman–Crippen LogP) is 1.78. The second kappa shape index (κ2) is 4.91. The molecule has 0 radical (unpaired) electrons. The molecule has 0 atom stereocenters. The fourth-order valence-corrected chi connectivity index (χ4v) is 1.28. The van der Waals surface area contributed by atoms with Gasteiger partial charge >= 0.3 is 0 Å². The Hall–Kier alpha value is -1.39. The van der Waals surface area contributed by atoms with Crippen LogP contribution in [0.5, 0.6) is 0 Å². The number of aryl methyl sites for hydroxylation is 2. The van der Waals surface area contributed by atoms with Gasteiger partial charge in [-0.1, -0.05) is 0 Å². The number of anilines is 1. The van der Waals surface area contributed by atoms with E-state index in [1.54, 1.807) is 6.92 Å². The molecule has 5 heteroatoms. The van der Waals surface area contributed by atoms with Gasteiger partial charge in [-0.2, -0.15) is 0 Å². The number of alkyl halides is 2. The largest absolute Gasteiger partial charge is 0.397 e. The molecular formula is C10H14F2N2O. The summed E-state index contributed by atoms with van der Waals surface area (Å²) in [6.07, 6.45) is -0.729. The van der Waals surface area contributed by atoms with E-state index in [2.05, 4.69) is 0 Å². The zero-order valence-corrected chi connectivity index (χ0v) is 8.54. The molecule has 0 unspecified atom stereocenters. The highest BCUT2D eigenvalue weighted by atomic mass is 19.3. The van der Waals surface area contributed by atoms with Crippen LogP contribution in [0, 0.1) is 6.92 Å². The minimum atomic E-state index is -2.32. The average Bonchev–Trinajstić information content (AvgIpc) is 2.13. The van der Waals surface area contributed by atoms with Crippen molar-refractivity contribution in [1.29, 1.82) is 0 Å². The highest BCUT2D eigenvalue weighted by molar-refractivity contribution is 5.42. The van der Waals surface area contributed by atoms with Crippen LogP contribution in [0.25, 0.3) is 0 Å². The fraction of sp³-hybridized carbons (Fsp3) is 0.500. The quantitative estimate of drug-likeness (QED) is 0.834. The lowest BCUT2D eigenvalue weighted by molar-refractivity contribution is 0.133. The number of halogens is 2. The molecule has 15 heavy (non-hydrogen) atoms. The average molecular weight is 216 g/mol. The van der Waals surface area contributed by atoms with E-state index < -0.39 is 6.43 Å². The molecule has 0 aliphatic heterocycles. The number of hydrogen-bond donors (Lipinski definition) is 1. The molecule has 3 nitrogen and oxygen atoms in total. The number of rotatable bonds is 4. The van der Waals surface area contributed by atoms with Crippen molar-refractivity contribution in [3.63, 3.8) is 0 Å². The molecule has 0 aliphatic carbocycles. The van der Waals surface area contributed by atoms with Gasteiger partial charge in [0.05, 0.1) is 5.69 Å². The third-order valence-electron chi connectivity index (χ3n) is 2.19. The monoisotopic (exact) mass is 216 g/mol. The lowest BCUT2D eigenvalue weighted by Gasteiger charge is -2.07. The minimum absolute atomic E-state index is 0.194. The Balaban J connectivity index is 2.69. The molecule has 2 N–H and O–H groups in total. The maximum absolute atomic E-state index is 11.9. The van der Waals surface area contributed by atoms with Gasteiger partial charge in [-0.3, -0.25) is 4.79 Å². The van der Waals surface area contributed by atoms with Crippen LogP contribution in [0.15, 0.2) is 17.1 Å². The van der Waals surface area contributed by atoms with Gasteiger partial charge < -0.3 is 10.3 Å². The molecule has 84 valence electrons. The van der Waals surface area contributed by atoms with Gasteiger partial charge in [0.25, 0.3) is 5.56 Å². The van der Waals surface area contributed by atoms with E-state index in [-0.39, 0.29) is 24.9 Å². The van der Waals surface area contributed by atoms with Gasteiger partial charge in [-0.25, -0.2) is 8.78 Å². The number of nitrogen functional groups attached to an aromatic ring is 1. The van der Waals surface area contributed by atoms with E-state index in [9.17, 15) is 13.6 Å². The van der Waals surface area contributed by atoms with Crippen molar-refractivity contribution in [2.24, 2.45) is 0 Å². The lowest BCUT2D eigenvalue weighted by Crippen LogP contribution is -2.20. The minimum Gasteiger partial charge on any atom is -0.397 e. The first-order chi connectivity index (χ1) is 7.00. The standard InChI is InChI=1S/C10H14F2N2O/c1-7-5-10(15)14(6-8(7)13)4-2-3-9(11)12/h5-6,9H,2-4,13H2,1H3. The van der Waals surface area contributed by atoms with Gasteiger partial charge in [0.15, 0.2) is 0 Å². The summed E-state index contributed by atoms with van der Waals surface area (Å²) >= 11 is 0. The second-order valence-corrected chi connectivity index (χ2v) is 3.48. The van der Waals surface area contributed by atoms with E-state index in [1.165, 1.54) is 16.8 Å². The van der Waals surface area contributed by atoms with Crippen LogP contribution in [0.2, 0.25) is 0 Å². The van der Waals surface area contributed by atoms with Crippen molar-refractivity contribution < 1.29 is 8.78 Å². The maximum atomic E-state index is 11.9. The zero-order valence-electron chi connectivity index (χ0n) is 8.54. The van der Waals surface area contributed by atoms with Crippen molar-refractivity contribution in [1.82, 2.24) is 4.57 Å². The molecule has 0 spiro atoms. The first-order valence-electron chi connectivity index (χ1n) is 4.75. The van der Waals surface area contributed by atoms with Crippen molar-refractivity contribution in [3.05, 3.63) is 28.2 Å². The molecule has 0 aromatic carbocycles. The third-order valence-corrected chi connectivity index (χ3v) is 2.19. The molecule has 0 fully saturated rings. The summed E-state index contributed by atoms with van der Waals surface area (Å²) in [5.41, 5.74) is 6.63. The van der Waals surface area contributed by atoms with Gasteiger partial charge in [0.1, 0.15) is 0 Å². The second-order valence-electron chi connectivity index (χ2n) is 3.48. The molecule has 0 aliphatic rings. The number of pyridine rings is 1. The Bertz CT molecular complexity index is 387. The van der Waals surface area contributed by atoms with Crippen molar-refractivity contribution in [2.45, 2.75) is 32.7 Å².